The summed E-state index contributed by atoms with van der Waals surface area (Å²) in [7, 11) is 0. The maximum atomic E-state index is 13.1. The van der Waals surface area contributed by atoms with Gasteiger partial charge in [-0.25, -0.2) is 4.98 Å². The Bertz CT molecular complexity index is 1260. The second-order valence-corrected chi connectivity index (χ2v) is 7.16. The number of rotatable bonds is 4. The fraction of sp³-hybridized carbons (Fsp3) is 0.125. The number of aryl methyl sites for hydroxylation is 1. The number of aromatic nitrogens is 2. The minimum atomic E-state index is -0.164. The number of nitrogens with zero attached hydrogens (tertiary/aromatic N) is 2. The van der Waals surface area contributed by atoms with E-state index in [2.05, 4.69) is 10.3 Å². The number of amides is 1. The summed E-state index contributed by atoms with van der Waals surface area (Å²) in [6, 6.07) is 19.0. The lowest BCUT2D eigenvalue weighted by molar-refractivity contribution is 0.0952. The second kappa shape index (κ2) is 7.48. The van der Waals surface area contributed by atoms with Crippen molar-refractivity contribution in [3.8, 4) is 22.9 Å². The fourth-order valence-corrected chi connectivity index (χ4v) is 3.50. The van der Waals surface area contributed by atoms with Crippen LogP contribution < -0.4 is 14.8 Å². The van der Waals surface area contributed by atoms with Crippen molar-refractivity contribution in [2.45, 2.75) is 13.5 Å². The standard InChI is InChI=1S/C24H19N3O3/c1-15-5-7-19-17(10-15)18(12-21(27-19)20-4-2-3-9-25-20)24(28)26-13-16-6-8-22-23(11-16)30-14-29-22/h2-12H,13-14H2,1H3,(H,26,28). The van der Waals surface area contributed by atoms with Crippen LogP contribution in [0.1, 0.15) is 21.5 Å². The highest BCUT2D eigenvalue weighted by molar-refractivity contribution is 6.07. The van der Waals surface area contributed by atoms with E-state index in [9.17, 15) is 4.79 Å². The van der Waals surface area contributed by atoms with Crippen LogP contribution >= 0.6 is 0 Å². The molecule has 2 aromatic heterocycles. The predicted molar refractivity (Wildman–Crippen MR) is 113 cm³/mol. The lowest BCUT2D eigenvalue weighted by Crippen LogP contribution is -2.23. The summed E-state index contributed by atoms with van der Waals surface area (Å²) in [6.45, 7) is 2.61. The Morgan fingerprint density at radius 3 is 2.77 bits per heavy atom. The van der Waals surface area contributed by atoms with Crippen molar-refractivity contribution in [1.29, 1.82) is 0 Å². The Kier molecular flexibility index (Phi) is 4.52. The molecular weight excluding hydrogens is 378 g/mol. The van der Waals surface area contributed by atoms with Crippen molar-refractivity contribution in [2.75, 3.05) is 6.79 Å². The van der Waals surface area contributed by atoms with E-state index in [0.717, 1.165) is 33.5 Å². The molecule has 5 rings (SSSR count). The number of fused-ring (bicyclic) bond motifs is 2. The number of benzene rings is 2. The normalized spacial score (nSPS) is 12.2. The summed E-state index contributed by atoms with van der Waals surface area (Å²) in [5.41, 5.74) is 4.74. The summed E-state index contributed by atoms with van der Waals surface area (Å²) >= 11 is 0. The first-order chi connectivity index (χ1) is 14.7. The minimum absolute atomic E-state index is 0.164. The smallest absolute Gasteiger partial charge is 0.252 e. The van der Waals surface area contributed by atoms with Crippen molar-refractivity contribution in [1.82, 2.24) is 15.3 Å². The number of carbonyl (C=O) groups is 1. The van der Waals surface area contributed by atoms with Gasteiger partial charge in [0.1, 0.15) is 0 Å². The van der Waals surface area contributed by atoms with Crippen LogP contribution in [-0.2, 0) is 6.54 Å². The van der Waals surface area contributed by atoms with Gasteiger partial charge in [0.15, 0.2) is 11.5 Å². The zero-order valence-corrected chi connectivity index (χ0v) is 16.4. The van der Waals surface area contributed by atoms with Gasteiger partial charge < -0.3 is 14.8 Å². The van der Waals surface area contributed by atoms with E-state index >= 15 is 0 Å². The zero-order chi connectivity index (χ0) is 20.5. The first kappa shape index (κ1) is 18.1. The van der Waals surface area contributed by atoms with Gasteiger partial charge in [-0.3, -0.25) is 9.78 Å². The molecule has 2 aromatic carbocycles. The number of hydrogen-bond acceptors (Lipinski definition) is 5. The van der Waals surface area contributed by atoms with E-state index in [1.807, 2.05) is 61.5 Å². The van der Waals surface area contributed by atoms with Crippen LogP contribution in [0.3, 0.4) is 0 Å². The Morgan fingerprint density at radius 1 is 1.00 bits per heavy atom. The molecule has 0 aliphatic carbocycles. The van der Waals surface area contributed by atoms with Crippen molar-refractivity contribution >= 4 is 16.8 Å². The summed E-state index contributed by atoms with van der Waals surface area (Å²) in [5, 5.41) is 3.83. The topological polar surface area (TPSA) is 73.3 Å². The quantitative estimate of drug-likeness (QED) is 0.557. The van der Waals surface area contributed by atoms with Gasteiger partial charge in [0.25, 0.3) is 5.91 Å². The zero-order valence-electron chi connectivity index (χ0n) is 16.4. The lowest BCUT2D eigenvalue weighted by atomic mass is 10.0. The molecular formula is C24H19N3O3. The first-order valence-corrected chi connectivity index (χ1v) is 9.67. The van der Waals surface area contributed by atoms with Crippen LogP contribution in [0.2, 0.25) is 0 Å². The molecule has 148 valence electrons. The van der Waals surface area contributed by atoms with E-state index < -0.39 is 0 Å². The Hall–Kier alpha value is -3.93. The molecule has 0 spiro atoms. The molecule has 6 heteroatoms. The Balaban J connectivity index is 1.48. The van der Waals surface area contributed by atoms with E-state index in [1.165, 1.54) is 0 Å². The molecule has 1 N–H and O–H groups in total. The van der Waals surface area contributed by atoms with Crippen LogP contribution in [0, 0.1) is 6.92 Å². The summed E-state index contributed by atoms with van der Waals surface area (Å²) in [6.07, 6.45) is 1.72. The fourth-order valence-electron chi connectivity index (χ4n) is 3.50. The third kappa shape index (κ3) is 3.43. The van der Waals surface area contributed by atoms with Crippen molar-refractivity contribution in [3.63, 3.8) is 0 Å². The largest absolute Gasteiger partial charge is 0.454 e. The van der Waals surface area contributed by atoms with Gasteiger partial charge in [0, 0.05) is 18.1 Å². The molecule has 0 bridgehead atoms. The van der Waals surface area contributed by atoms with Gasteiger partial charge in [-0.1, -0.05) is 23.8 Å². The van der Waals surface area contributed by atoms with Crippen LogP contribution in [-0.4, -0.2) is 22.7 Å². The molecule has 0 atom stereocenters. The van der Waals surface area contributed by atoms with E-state index in [1.54, 1.807) is 12.3 Å². The molecule has 1 aliphatic heterocycles. The highest BCUT2D eigenvalue weighted by Crippen LogP contribution is 2.32. The predicted octanol–water partition coefficient (Wildman–Crippen LogP) is 4.26. The van der Waals surface area contributed by atoms with E-state index in [-0.39, 0.29) is 12.7 Å². The number of hydrogen-bond donors (Lipinski definition) is 1. The molecule has 1 amide bonds. The highest BCUT2D eigenvalue weighted by Gasteiger charge is 2.16. The summed E-state index contributed by atoms with van der Waals surface area (Å²) in [5.74, 6) is 1.26. The van der Waals surface area contributed by atoms with Gasteiger partial charge in [-0.05, 0) is 55.0 Å². The van der Waals surface area contributed by atoms with Gasteiger partial charge in [-0.2, -0.15) is 0 Å². The number of carbonyl (C=O) groups excluding carboxylic acids is 1. The van der Waals surface area contributed by atoms with Crippen LogP contribution in [0.5, 0.6) is 11.5 Å². The van der Waals surface area contributed by atoms with Gasteiger partial charge in [0.2, 0.25) is 6.79 Å². The van der Waals surface area contributed by atoms with Crippen LogP contribution in [0.15, 0.2) is 66.9 Å². The Labute approximate surface area is 173 Å². The second-order valence-electron chi connectivity index (χ2n) is 7.16. The average Bonchev–Trinajstić information content (AvgIpc) is 3.25. The number of ether oxygens (including phenoxy) is 2. The average molecular weight is 397 g/mol. The third-order valence-corrected chi connectivity index (χ3v) is 5.03. The monoisotopic (exact) mass is 397 g/mol. The van der Waals surface area contributed by atoms with Gasteiger partial charge in [-0.15, -0.1) is 0 Å². The lowest BCUT2D eigenvalue weighted by Gasteiger charge is -2.11. The maximum Gasteiger partial charge on any atom is 0.252 e. The molecule has 4 aromatic rings. The van der Waals surface area contributed by atoms with Gasteiger partial charge in [0.05, 0.1) is 22.5 Å². The summed E-state index contributed by atoms with van der Waals surface area (Å²) in [4.78, 5) is 22.2. The van der Waals surface area contributed by atoms with Gasteiger partial charge >= 0.3 is 0 Å². The van der Waals surface area contributed by atoms with Crippen LogP contribution in [0.4, 0.5) is 0 Å². The molecule has 0 unspecified atom stereocenters. The molecule has 3 heterocycles. The maximum absolute atomic E-state index is 13.1. The van der Waals surface area contributed by atoms with Crippen molar-refractivity contribution < 1.29 is 14.3 Å². The molecule has 0 fully saturated rings. The number of nitrogens with one attached hydrogen (secondary N) is 1. The molecule has 6 nitrogen and oxygen atoms in total. The molecule has 0 saturated heterocycles. The van der Waals surface area contributed by atoms with E-state index in [0.29, 0.717) is 23.6 Å². The summed E-state index contributed by atoms with van der Waals surface area (Å²) < 4.78 is 10.8. The third-order valence-electron chi connectivity index (χ3n) is 5.03. The minimum Gasteiger partial charge on any atom is -0.454 e. The Morgan fingerprint density at radius 2 is 1.90 bits per heavy atom. The number of pyridine rings is 2. The van der Waals surface area contributed by atoms with E-state index in [4.69, 9.17) is 14.5 Å². The molecule has 30 heavy (non-hydrogen) atoms. The van der Waals surface area contributed by atoms with Crippen molar-refractivity contribution in [3.05, 3.63) is 83.6 Å². The molecule has 1 aliphatic rings. The first-order valence-electron chi connectivity index (χ1n) is 9.67. The van der Waals surface area contributed by atoms with Crippen molar-refractivity contribution in [2.24, 2.45) is 0 Å². The van der Waals surface area contributed by atoms with Crippen LogP contribution in [0.25, 0.3) is 22.3 Å². The molecule has 0 saturated carbocycles. The highest BCUT2D eigenvalue weighted by atomic mass is 16.7. The SMILES string of the molecule is Cc1ccc2nc(-c3ccccn3)cc(C(=O)NCc3ccc4c(c3)OCO4)c2c1. The molecule has 0 radical (unpaired) electrons.